The molecule has 1 aliphatic heterocycles. The maximum Gasteiger partial charge on any atom is 0.237 e. The lowest BCUT2D eigenvalue weighted by molar-refractivity contribution is -0.126. The Bertz CT molecular complexity index is 827. The fourth-order valence-electron chi connectivity index (χ4n) is 4.03. The number of nitrogens with one attached hydrogen (secondary N) is 1. The zero-order valence-corrected chi connectivity index (χ0v) is 18.3. The van der Waals surface area contributed by atoms with Crippen molar-refractivity contribution in [3.63, 3.8) is 0 Å². The zero-order chi connectivity index (χ0) is 21.5. The number of piperazine rings is 1. The van der Waals surface area contributed by atoms with Crippen LogP contribution in [0, 0.1) is 0 Å². The first-order chi connectivity index (χ1) is 14.5. The van der Waals surface area contributed by atoms with E-state index in [4.69, 9.17) is 0 Å². The predicted molar refractivity (Wildman–Crippen MR) is 122 cm³/mol. The second-order valence-corrected chi connectivity index (χ2v) is 8.06. The minimum absolute atomic E-state index is 0.0622. The molecule has 1 saturated heterocycles. The van der Waals surface area contributed by atoms with Gasteiger partial charge in [-0.25, -0.2) is 0 Å². The van der Waals surface area contributed by atoms with Gasteiger partial charge in [-0.2, -0.15) is 0 Å². The predicted octanol–water partition coefficient (Wildman–Crippen LogP) is 4.06. The number of Topliss-reactive ketones (excluding diaryl/α,β-unsaturated/α-hetero) is 1. The minimum Gasteiger partial charge on any atom is -0.369 e. The molecule has 0 saturated carbocycles. The Balaban J connectivity index is 1.55. The highest BCUT2D eigenvalue weighted by Crippen LogP contribution is 2.21. The Morgan fingerprint density at radius 2 is 1.60 bits per heavy atom. The molecule has 30 heavy (non-hydrogen) atoms. The van der Waals surface area contributed by atoms with Crippen LogP contribution in [0.5, 0.6) is 0 Å². The fraction of sp³-hybridized carbons (Fsp3) is 0.440. The van der Waals surface area contributed by atoms with Crippen molar-refractivity contribution < 1.29 is 9.59 Å². The van der Waals surface area contributed by atoms with Gasteiger partial charge in [0.15, 0.2) is 5.78 Å². The van der Waals surface area contributed by atoms with Crippen LogP contribution in [0.15, 0.2) is 54.6 Å². The third kappa shape index (κ3) is 5.48. The molecule has 1 amide bonds. The summed E-state index contributed by atoms with van der Waals surface area (Å²) >= 11 is 0. The van der Waals surface area contributed by atoms with Crippen LogP contribution in [-0.2, 0) is 4.79 Å². The average Bonchev–Trinajstić information content (AvgIpc) is 2.79. The molecule has 2 atom stereocenters. The van der Waals surface area contributed by atoms with E-state index in [1.54, 1.807) is 6.92 Å². The Morgan fingerprint density at radius 1 is 0.967 bits per heavy atom. The van der Waals surface area contributed by atoms with Crippen LogP contribution in [0.3, 0.4) is 0 Å². The van der Waals surface area contributed by atoms with Crippen LogP contribution in [0.4, 0.5) is 5.69 Å². The molecular formula is C25H33N3O2. The molecule has 0 radical (unpaired) electrons. The first-order valence-electron chi connectivity index (χ1n) is 10.9. The van der Waals surface area contributed by atoms with Gasteiger partial charge in [0.25, 0.3) is 0 Å². The molecule has 0 spiro atoms. The SMILES string of the molecule is CCC[C@@H](NC(=O)[C@H](C)N1CCN(c2ccc(C(C)=O)cc2)CC1)c1ccccc1. The number of carbonyl (C=O) groups excluding carboxylic acids is 2. The largest absolute Gasteiger partial charge is 0.369 e. The van der Waals surface area contributed by atoms with Crippen LogP contribution in [0.1, 0.15) is 55.6 Å². The number of anilines is 1. The van der Waals surface area contributed by atoms with Gasteiger partial charge in [-0.15, -0.1) is 0 Å². The lowest BCUT2D eigenvalue weighted by atomic mass is 10.0. The van der Waals surface area contributed by atoms with E-state index in [1.807, 2.05) is 49.4 Å². The summed E-state index contributed by atoms with van der Waals surface area (Å²) in [5.41, 5.74) is 3.03. The normalized spacial score (nSPS) is 16.7. The monoisotopic (exact) mass is 407 g/mol. The van der Waals surface area contributed by atoms with Crippen molar-refractivity contribution in [1.82, 2.24) is 10.2 Å². The van der Waals surface area contributed by atoms with Crippen molar-refractivity contribution in [2.45, 2.75) is 45.7 Å². The number of ketones is 1. The lowest BCUT2D eigenvalue weighted by Crippen LogP contribution is -2.54. The highest BCUT2D eigenvalue weighted by Gasteiger charge is 2.27. The maximum absolute atomic E-state index is 13.0. The first kappa shape index (κ1) is 22.0. The molecule has 3 rings (SSSR count). The van der Waals surface area contributed by atoms with Crippen molar-refractivity contribution in [1.29, 1.82) is 0 Å². The molecule has 1 aliphatic rings. The van der Waals surface area contributed by atoms with Gasteiger partial charge in [-0.05, 0) is 50.1 Å². The molecule has 1 fully saturated rings. The number of hydrogen-bond donors (Lipinski definition) is 1. The molecule has 160 valence electrons. The third-order valence-electron chi connectivity index (χ3n) is 5.98. The van der Waals surface area contributed by atoms with Gasteiger partial charge in [-0.3, -0.25) is 14.5 Å². The van der Waals surface area contributed by atoms with Crippen LogP contribution in [-0.4, -0.2) is 48.8 Å². The zero-order valence-electron chi connectivity index (χ0n) is 18.3. The summed E-state index contributed by atoms with van der Waals surface area (Å²) in [7, 11) is 0. The van der Waals surface area contributed by atoms with E-state index in [0.717, 1.165) is 50.3 Å². The summed E-state index contributed by atoms with van der Waals surface area (Å²) in [4.78, 5) is 29.0. The van der Waals surface area contributed by atoms with Gasteiger partial charge in [0.05, 0.1) is 12.1 Å². The van der Waals surface area contributed by atoms with Crippen molar-refractivity contribution >= 4 is 17.4 Å². The minimum atomic E-state index is -0.157. The van der Waals surface area contributed by atoms with Crippen LogP contribution < -0.4 is 10.2 Å². The summed E-state index contributed by atoms with van der Waals surface area (Å²) in [6.07, 6.45) is 1.96. The second kappa shape index (κ2) is 10.4. The van der Waals surface area contributed by atoms with Crippen molar-refractivity contribution in [2.24, 2.45) is 0 Å². The highest BCUT2D eigenvalue weighted by atomic mass is 16.2. The van der Waals surface area contributed by atoms with E-state index in [-0.39, 0.29) is 23.8 Å². The maximum atomic E-state index is 13.0. The molecule has 5 nitrogen and oxygen atoms in total. The quantitative estimate of drug-likeness (QED) is 0.671. The summed E-state index contributed by atoms with van der Waals surface area (Å²) in [5.74, 6) is 0.180. The van der Waals surface area contributed by atoms with Crippen LogP contribution in [0.25, 0.3) is 0 Å². The summed E-state index contributed by atoms with van der Waals surface area (Å²) in [6, 6.07) is 17.9. The molecule has 0 bridgehead atoms. The van der Waals surface area contributed by atoms with Gasteiger partial charge >= 0.3 is 0 Å². The Kier molecular flexibility index (Phi) is 7.63. The van der Waals surface area contributed by atoms with Gasteiger partial charge in [-0.1, -0.05) is 43.7 Å². The molecule has 1 N–H and O–H groups in total. The lowest BCUT2D eigenvalue weighted by Gasteiger charge is -2.39. The van der Waals surface area contributed by atoms with E-state index in [2.05, 4.69) is 34.2 Å². The van der Waals surface area contributed by atoms with Gasteiger partial charge in [0.2, 0.25) is 5.91 Å². The fourth-order valence-corrected chi connectivity index (χ4v) is 4.03. The number of hydrogen-bond acceptors (Lipinski definition) is 4. The third-order valence-corrected chi connectivity index (χ3v) is 5.98. The molecule has 2 aromatic rings. The Labute approximate surface area is 180 Å². The van der Waals surface area contributed by atoms with E-state index < -0.39 is 0 Å². The Morgan fingerprint density at radius 3 is 2.17 bits per heavy atom. The molecule has 0 aromatic heterocycles. The van der Waals surface area contributed by atoms with Crippen LogP contribution >= 0.6 is 0 Å². The van der Waals surface area contributed by atoms with Gasteiger partial charge < -0.3 is 10.2 Å². The summed E-state index contributed by atoms with van der Waals surface area (Å²) < 4.78 is 0. The average molecular weight is 408 g/mol. The topological polar surface area (TPSA) is 52.7 Å². The summed E-state index contributed by atoms with van der Waals surface area (Å²) in [5, 5.41) is 3.26. The first-order valence-corrected chi connectivity index (χ1v) is 10.9. The molecule has 1 heterocycles. The van der Waals surface area contributed by atoms with Crippen LogP contribution in [0.2, 0.25) is 0 Å². The van der Waals surface area contributed by atoms with Crippen molar-refractivity contribution in [2.75, 3.05) is 31.1 Å². The Hall–Kier alpha value is -2.66. The molecular weight excluding hydrogens is 374 g/mol. The number of amides is 1. The van der Waals surface area contributed by atoms with Crippen molar-refractivity contribution in [3.8, 4) is 0 Å². The highest BCUT2D eigenvalue weighted by molar-refractivity contribution is 5.94. The number of nitrogens with zero attached hydrogens (tertiary/aromatic N) is 2. The molecule has 0 unspecified atom stereocenters. The smallest absolute Gasteiger partial charge is 0.237 e. The second-order valence-electron chi connectivity index (χ2n) is 8.06. The van der Waals surface area contributed by atoms with E-state index in [9.17, 15) is 9.59 Å². The van der Waals surface area contributed by atoms with Gasteiger partial charge in [0.1, 0.15) is 0 Å². The molecule has 2 aromatic carbocycles. The van der Waals surface area contributed by atoms with E-state index >= 15 is 0 Å². The number of benzene rings is 2. The number of rotatable bonds is 8. The standard InChI is InChI=1S/C25H33N3O2/c1-4-8-24(22-9-6-5-7-10-22)26-25(30)19(2)27-15-17-28(18-16-27)23-13-11-21(12-14-23)20(3)29/h5-7,9-14,19,24H,4,8,15-18H2,1-3H3,(H,26,30)/t19-,24+/m0/s1. The number of carbonyl (C=O) groups is 2. The van der Waals surface area contributed by atoms with Gasteiger partial charge in [0, 0.05) is 37.4 Å². The van der Waals surface area contributed by atoms with E-state index in [0.29, 0.717) is 0 Å². The van der Waals surface area contributed by atoms with E-state index in [1.165, 1.54) is 5.56 Å². The molecule has 0 aliphatic carbocycles. The van der Waals surface area contributed by atoms with Crippen molar-refractivity contribution in [3.05, 3.63) is 65.7 Å². The molecule has 5 heteroatoms. The summed E-state index contributed by atoms with van der Waals surface area (Å²) in [6.45, 7) is 9.15.